The maximum absolute atomic E-state index is 2.58. The van der Waals surface area contributed by atoms with Gasteiger partial charge in [0.05, 0.1) is 0 Å². The van der Waals surface area contributed by atoms with Crippen LogP contribution in [0, 0.1) is 47.3 Å². The van der Waals surface area contributed by atoms with Crippen LogP contribution in [0.3, 0.4) is 0 Å². The highest BCUT2D eigenvalue weighted by molar-refractivity contribution is 6.24. The van der Waals surface area contributed by atoms with Crippen molar-refractivity contribution in [2.75, 3.05) is 0 Å². The van der Waals surface area contributed by atoms with Crippen LogP contribution in [0.2, 0.25) is 0 Å². The van der Waals surface area contributed by atoms with Gasteiger partial charge >= 0.3 is 0 Å². The minimum atomic E-state index is 0.209. The molecule has 10 aliphatic carbocycles. The minimum absolute atomic E-state index is 0.209. The van der Waals surface area contributed by atoms with Crippen LogP contribution >= 0.6 is 0 Å². The van der Waals surface area contributed by atoms with E-state index in [9.17, 15) is 0 Å². The highest BCUT2D eigenvalue weighted by Gasteiger charge is 2.63. The van der Waals surface area contributed by atoms with Crippen LogP contribution in [0.4, 0.5) is 0 Å². The number of rotatable bonds is 4. The Morgan fingerprint density at radius 3 is 0.932 bits per heavy atom. The van der Waals surface area contributed by atoms with Crippen LogP contribution in [-0.2, 0) is 10.8 Å². The van der Waals surface area contributed by atoms with Crippen molar-refractivity contribution in [2.45, 2.75) is 75.0 Å². The fraction of sp³-hybridized carbons (Fsp3) is 0.227. The molecule has 0 heteroatoms. The third-order valence-corrected chi connectivity index (χ3v) is 24.7. The minimum Gasteiger partial charge on any atom is -0.0622 e. The molecule has 88 heavy (non-hydrogen) atoms. The Hall–Kier alpha value is -8.84. The van der Waals surface area contributed by atoms with E-state index in [1.165, 1.54) is 185 Å². The Kier molecular flexibility index (Phi) is 10.7. The van der Waals surface area contributed by atoms with Gasteiger partial charge < -0.3 is 0 Å². The summed E-state index contributed by atoms with van der Waals surface area (Å²) in [5.74, 6) is 7.03. The van der Waals surface area contributed by atoms with Gasteiger partial charge in [0.2, 0.25) is 0 Å². The number of benzene rings is 13. The largest absolute Gasteiger partial charge is 0.0622 e. The van der Waals surface area contributed by atoms with Crippen molar-refractivity contribution in [3.8, 4) is 66.8 Å². The second-order valence-corrected chi connectivity index (χ2v) is 28.5. The zero-order valence-electron chi connectivity index (χ0n) is 49.9. The van der Waals surface area contributed by atoms with E-state index >= 15 is 0 Å². The van der Waals surface area contributed by atoms with Crippen molar-refractivity contribution in [2.24, 2.45) is 47.3 Å². The van der Waals surface area contributed by atoms with Gasteiger partial charge in [-0.1, -0.05) is 243 Å². The van der Waals surface area contributed by atoms with Crippen LogP contribution in [0.5, 0.6) is 0 Å². The molecule has 10 aliphatic rings. The second-order valence-electron chi connectivity index (χ2n) is 28.5. The first kappa shape index (κ1) is 50.2. The molecular formula is C88H70. The van der Waals surface area contributed by atoms with Crippen LogP contribution < -0.4 is 0 Å². The van der Waals surface area contributed by atoms with Crippen molar-refractivity contribution in [3.05, 3.63) is 277 Å². The lowest BCUT2D eigenvalue weighted by Gasteiger charge is -2.61. The maximum atomic E-state index is 2.58. The zero-order chi connectivity index (χ0) is 57.4. The molecule has 0 aromatic heterocycles. The maximum Gasteiger partial charge on any atom is 0.0271 e. The summed E-state index contributed by atoms with van der Waals surface area (Å²) in [7, 11) is 0. The van der Waals surface area contributed by atoms with Crippen LogP contribution in [-0.4, -0.2) is 0 Å². The van der Waals surface area contributed by atoms with E-state index in [2.05, 4.69) is 255 Å². The molecule has 8 saturated carbocycles. The third-order valence-electron chi connectivity index (χ3n) is 24.7. The molecule has 422 valence electrons. The van der Waals surface area contributed by atoms with Crippen LogP contribution in [0.1, 0.15) is 86.5 Å². The number of hydrogen-bond donors (Lipinski definition) is 0. The van der Waals surface area contributed by atoms with E-state index in [-0.39, 0.29) is 10.8 Å². The molecule has 13 aromatic rings. The van der Waals surface area contributed by atoms with Gasteiger partial charge in [0.15, 0.2) is 0 Å². The smallest absolute Gasteiger partial charge is 0.0271 e. The Bertz CT molecular complexity index is 4900. The highest BCUT2D eigenvalue weighted by Crippen LogP contribution is 2.71. The average molecular weight is 1130 g/mol. The van der Waals surface area contributed by atoms with Crippen LogP contribution in [0.15, 0.2) is 255 Å². The molecule has 0 saturated heterocycles. The van der Waals surface area contributed by atoms with Gasteiger partial charge in [-0.25, -0.2) is 0 Å². The SMILES string of the molecule is c1ccc(-c2c3ccccc3c(-c3ccc4c(c3)-c3ccccc3C43C4CC5CC(C4)CC3C5)c3ccccc23)cc1.c1ccc2c(c1)-c1cc(-c3c4ccccc4c(-c4cccc5ccccc45)c4ccccc34)ccc1C21C2CC3CC(C2)CC1C3. The van der Waals surface area contributed by atoms with E-state index in [0.29, 0.717) is 0 Å². The standard InChI is InChI=1S/C46H36.C42H34/c1-2-12-34-30(10-1)11-9-18-36(34)45-39-16-5-3-14-37(39)44(38-15-4-6-17-40(38)45)31-20-21-43-41(27-31)35-13-7-8-19-42(35)46(43)32-23-28-22-29(25-32)26-33(46)24-28;1-2-10-28(11-3-1)40-33-13-4-6-15-35(33)41(36-16-7-5-14-34(36)40)29-18-19-39-37(25-29)32-12-8-9-17-38(32)42(39)30-21-26-20-27(23-30)24-31(42)22-26/h1-21,27-29,32-33H,22-26H2;1-19,25-27,30-31H,20-24H2. The molecule has 0 heterocycles. The molecule has 23 rings (SSSR count). The Labute approximate surface area is 516 Å². The summed E-state index contributed by atoms with van der Waals surface area (Å²) in [6, 6.07) is 97.2. The summed E-state index contributed by atoms with van der Waals surface area (Å²) in [6.07, 6.45) is 14.4. The van der Waals surface area contributed by atoms with E-state index in [4.69, 9.17) is 0 Å². The normalized spacial score (nSPS) is 26.0. The van der Waals surface area contributed by atoms with Crippen molar-refractivity contribution < 1.29 is 0 Å². The van der Waals surface area contributed by atoms with Gasteiger partial charge in [0, 0.05) is 10.8 Å². The molecule has 8 fully saturated rings. The molecule has 0 atom stereocenters. The van der Waals surface area contributed by atoms with E-state index in [0.717, 1.165) is 47.3 Å². The van der Waals surface area contributed by atoms with Gasteiger partial charge in [0.1, 0.15) is 0 Å². The van der Waals surface area contributed by atoms with E-state index < -0.39 is 0 Å². The molecule has 0 amide bonds. The molecular weight excluding hydrogens is 1060 g/mol. The predicted molar refractivity (Wildman–Crippen MR) is 369 cm³/mol. The topological polar surface area (TPSA) is 0 Å². The van der Waals surface area contributed by atoms with Crippen molar-refractivity contribution in [3.63, 3.8) is 0 Å². The van der Waals surface area contributed by atoms with Crippen LogP contribution in [0.25, 0.3) is 121 Å². The molecule has 0 unspecified atom stereocenters. The van der Waals surface area contributed by atoms with Gasteiger partial charge in [-0.3, -0.25) is 0 Å². The first-order valence-corrected chi connectivity index (χ1v) is 33.5. The Morgan fingerprint density at radius 1 is 0.205 bits per heavy atom. The lowest BCUT2D eigenvalue weighted by atomic mass is 9.43. The number of fused-ring (bicyclic) bond motifs is 11. The molecule has 13 aromatic carbocycles. The summed E-state index contributed by atoms with van der Waals surface area (Å²) in [6.45, 7) is 0. The first-order valence-electron chi connectivity index (χ1n) is 33.5. The highest BCUT2D eigenvalue weighted by atomic mass is 14.7. The Balaban J connectivity index is 0.000000124. The summed E-state index contributed by atoms with van der Waals surface area (Å²) < 4.78 is 0. The summed E-state index contributed by atoms with van der Waals surface area (Å²) in [4.78, 5) is 0. The third kappa shape index (κ3) is 6.82. The molecule has 0 aliphatic heterocycles. The predicted octanol–water partition coefficient (Wildman–Crippen LogP) is 23.3. The second kappa shape index (κ2) is 18.8. The molecule has 0 nitrogen and oxygen atoms in total. The van der Waals surface area contributed by atoms with Gasteiger partial charge in [-0.05, 0) is 267 Å². The molecule has 8 bridgehead atoms. The Morgan fingerprint density at radius 2 is 0.511 bits per heavy atom. The summed E-state index contributed by atoms with van der Waals surface area (Å²) in [5.41, 5.74) is 23.6. The average Bonchev–Trinajstić information content (AvgIpc) is 1.49. The van der Waals surface area contributed by atoms with Gasteiger partial charge in [0.25, 0.3) is 0 Å². The monoisotopic (exact) mass is 1130 g/mol. The molecule has 0 N–H and O–H groups in total. The first-order chi connectivity index (χ1) is 43.6. The summed E-state index contributed by atoms with van der Waals surface area (Å²) >= 11 is 0. The fourth-order valence-electron chi connectivity index (χ4n) is 22.2. The number of hydrogen-bond acceptors (Lipinski definition) is 0. The van der Waals surface area contributed by atoms with Crippen molar-refractivity contribution in [1.82, 2.24) is 0 Å². The van der Waals surface area contributed by atoms with Gasteiger partial charge in [-0.15, -0.1) is 0 Å². The summed E-state index contributed by atoms with van der Waals surface area (Å²) in [5, 5.41) is 13.2. The molecule has 0 radical (unpaired) electrons. The van der Waals surface area contributed by atoms with Crippen molar-refractivity contribution >= 4 is 53.9 Å². The van der Waals surface area contributed by atoms with E-state index in [1.54, 1.807) is 22.3 Å². The lowest BCUT2D eigenvalue weighted by molar-refractivity contribution is -0.0399. The quantitative estimate of drug-likeness (QED) is 0.154. The lowest BCUT2D eigenvalue weighted by Crippen LogP contribution is -2.55. The zero-order valence-corrected chi connectivity index (χ0v) is 49.9. The van der Waals surface area contributed by atoms with Crippen molar-refractivity contribution in [1.29, 1.82) is 0 Å². The fourth-order valence-corrected chi connectivity index (χ4v) is 22.2. The molecule has 2 spiro atoms. The van der Waals surface area contributed by atoms with Gasteiger partial charge in [-0.2, -0.15) is 0 Å². The van der Waals surface area contributed by atoms with E-state index in [1.807, 2.05) is 0 Å².